The van der Waals surface area contributed by atoms with Gasteiger partial charge >= 0.3 is 23.9 Å². The molecule has 1 saturated heterocycles. The van der Waals surface area contributed by atoms with E-state index in [1.165, 1.54) is 0 Å². The van der Waals surface area contributed by atoms with Crippen molar-refractivity contribution in [2.45, 2.75) is 37.3 Å². The fourth-order valence-electron chi connectivity index (χ4n) is 5.41. The lowest BCUT2D eigenvalue weighted by Gasteiger charge is -2.44. The molecule has 10 nitrogen and oxygen atoms in total. The van der Waals surface area contributed by atoms with Crippen LogP contribution in [-0.4, -0.2) is 61.2 Å². The van der Waals surface area contributed by atoms with Crippen LogP contribution in [-0.2, 0) is 35.0 Å². The van der Waals surface area contributed by atoms with E-state index in [0.29, 0.717) is 0 Å². The highest BCUT2D eigenvalue weighted by molar-refractivity contribution is 5.91. The highest BCUT2D eigenvalue weighted by atomic mass is 16.7. The summed E-state index contributed by atoms with van der Waals surface area (Å²) in [7, 11) is 0. The molecule has 10 heteroatoms. The molecule has 1 aliphatic heterocycles. The third-order valence-corrected chi connectivity index (χ3v) is 7.99. The van der Waals surface area contributed by atoms with E-state index in [4.69, 9.17) is 28.4 Å². The second-order valence-electron chi connectivity index (χ2n) is 11.5. The van der Waals surface area contributed by atoms with Gasteiger partial charge in [-0.3, -0.25) is 0 Å². The number of hydrogen-bond donors (Lipinski definition) is 0. The van der Waals surface area contributed by atoms with Gasteiger partial charge in [0, 0.05) is 0 Å². The zero-order valence-electron chi connectivity index (χ0n) is 27.3. The van der Waals surface area contributed by atoms with Crippen molar-refractivity contribution in [3.63, 3.8) is 0 Å². The SMILES string of the molecule is O=C(OC[C@H]1O[C@H](OCc2ccccc2)[C@@H](OC(=O)c2ccccc2)[C@@H](OC(=O)c2ccccc2)[C@@H]1OC(=O)c1ccccc1)c1ccccc1. The van der Waals surface area contributed by atoms with Gasteiger partial charge in [0.2, 0.25) is 0 Å². The van der Waals surface area contributed by atoms with E-state index in [1.54, 1.807) is 121 Å². The Balaban J connectivity index is 1.39. The van der Waals surface area contributed by atoms with Crippen LogP contribution < -0.4 is 0 Å². The van der Waals surface area contributed by atoms with Crippen LogP contribution in [0.3, 0.4) is 0 Å². The molecule has 51 heavy (non-hydrogen) atoms. The largest absolute Gasteiger partial charge is 0.459 e. The fraction of sp³-hybridized carbons (Fsp3) is 0.171. The number of hydrogen-bond acceptors (Lipinski definition) is 10. The van der Waals surface area contributed by atoms with Gasteiger partial charge in [0.1, 0.15) is 12.7 Å². The van der Waals surface area contributed by atoms with E-state index >= 15 is 0 Å². The van der Waals surface area contributed by atoms with Gasteiger partial charge < -0.3 is 28.4 Å². The molecule has 0 aromatic heterocycles. The molecule has 0 radical (unpaired) electrons. The average Bonchev–Trinajstić information content (AvgIpc) is 3.19. The minimum atomic E-state index is -1.49. The molecule has 1 fully saturated rings. The number of rotatable bonds is 12. The normalized spacial score (nSPS) is 19.6. The van der Waals surface area contributed by atoms with Crippen LogP contribution in [0, 0.1) is 0 Å². The Kier molecular flexibility index (Phi) is 11.6. The lowest BCUT2D eigenvalue weighted by Crippen LogP contribution is -2.63. The topological polar surface area (TPSA) is 124 Å². The maximum absolute atomic E-state index is 13.7. The van der Waals surface area contributed by atoms with Crippen LogP contribution in [0.4, 0.5) is 0 Å². The number of benzene rings is 5. The van der Waals surface area contributed by atoms with E-state index in [0.717, 1.165) is 5.56 Å². The Hall–Kier alpha value is -6.10. The zero-order chi connectivity index (χ0) is 35.4. The number of ether oxygens (including phenoxy) is 6. The molecule has 1 aliphatic rings. The molecule has 0 aliphatic carbocycles. The average molecular weight is 687 g/mol. The standard InChI is InChI=1S/C41H34O10/c42-37(29-18-8-2-9-19-29)46-27-33-34(49-38(43)30-20-10-3-11-21-30)35(50-39(44)31-22-12-4-13-23-31)36(51-40(45)32-24-14-5-15-25-32)41(48-33)47-26-28-16-6-1-7-17-28/h1-25,33-36,41H,26-27H2/t33-,34-,35+,36+,41+/m1/s1. The molecule has 5 atom stereocenters. The molecule has 0 spiro atoms. The Morgan fingerprint density at radius 1 is 0.451 bits per heavy atom. The first kappa shape index (κ1) is 34.8. The van der Waals surface area contributed by atoms with Gasteiger partial charge in [0.05, 0.1) is 28.9 Å². The third kappa shape index (κ3) is 9.13. The van der Waals surface area contributed by atoms with Crippen molar-refractivity contribution >= 4 is 23.9 Å². The lowest BCUT2D eigenvalue weighted by molar-refractivity contribution is -0.301. The molecule has 0 unspecified atom stereocenters. The minimum Gasteiger partial charge on any atom is -0.459 e. The summed E-state index contributed by atoms with van der Waals surface area (Å²) in [4.78, 5) is 53.9. The molecule has 0 saturated carbocycles. The number of esters is 4. The molecular weight excluding hydrogens is 652 g/mol. The van der Waals surface area contributed by atoms with Gasteiger partial charge in [-0.15, -0.1) is 0 Å². The highest BCUT2D eigenvalue weighted by Gasteiger charge is 2.53. The summed E-state index contributed by atoms with van der Waals surface area (Å²) in [5, 5.41) is 0. The van der Waals surface area contributed by atoms with Crippen LogP contribution in [0.1, 0.15) is 47.0 Å². The summed E-state index contributed by atoms with van der Waals surface area (Å²) in [6, 6.07) is 42.1. The van der Waals surface area contributed by atoms with Crippen LogP contribution in [0.2, 0.25) is 0 Å². The Morgan fingerprint density at radius 2 is 0.824 bits per heavy atom. The second kappa shape index (κ2) is 17.0. The fourth-order valence-corrected chi connectivity index (χ4v) is 5.41. The predicted octanol–water partition coefficient (Wildman–Crippen LogP) is 6.46. The zero-order valence-corrected chi connectivity index (χ0v) is 27.3. The van der Waals surface area contributed by atoms with Gasteiger partial charge in [0.15, 0.2) is 24.6 Å². The Morgan fingerprint density at radius 3 is 1.27 bits per heavy atom. The Bertz CT molecular complexity index is 1890. The van der Waals surface area contributed by atoms with Crippen LogP contribution in [0.5, 0.6) is 0 Å². The van der Waals surface area contributed by atoms with Crippen molar-refractivity contribution in [3.05, 3.63) is 179 Å². The number of carbonyl (C=O) groups is 4. The summed E-state index contributed by atoms with van der Waals surface area (Å²) >= 11 is 0. The smallest absolute Gasteiger partial charge is 0.338 e. The summed E-state index contributed by atoms with van der Waals surface area (Å²) in [6.07, 6.45) is -7.01. The lowest BCUT2D eigenvalue weighted by atomic mass is 9.97. The van der Waals surface area contributed by atoms with Crippen molar-refractivity contribution in [1.82, 2.24) is 0 Å². The Labute approximate surface area is 294 Å². The first-order valence-electron chi connectivity index (χ1n) is 16.3. The molecule has 6 rings (SSSR count). The molecule has 0 amide bonds. The van der Waals surface area contributed by atoms with Gasteiger partial charge in [-0.25, -0.2) is 19.2 Å². The highest BCUT2D eigenvalue weighted by Crippen LogP contribution is 2.32. The van der Waals surface area contributed by atoms with Crippen LogP contribution in [0.15, 0.2) is 152 Å². The predicted molar refractivity (Wildman–Crippen MR) is 184 cm³/mol. The van der Waals surface area contributed by atoms with Crippen LogP contribution >= 0.6 is 0 Å². The second-order valence-corrected chi connectivity index (χ2v) is 11.5. The minimum absolute atomic E-state index is 0.00917. The maximum Gasteiger partial charge on any atom is 0.338 e. The van der Waals surface area contributed by atoms with Crippen molar-refractivity contribution < 1.29 is 47.6 Å². The maximum atomic E-state index is 13.7. The van der Waals surface area contributed by atoms with E-state index < -0.39 is 61.2 Å². The van der Waals surface area contributed by atoms with E-state index in [9.17, 15) is 19.2 Å². The number of carbonyl (C=O) groups excluding carboxylic acids is 4. The van der Waals surface area contributed by atoms with Gasteiger partial charge in [0.25, 0.3) is 0 Å². The molecular formula is C41H34O10. The van der Waals surface area contributed by atoms with Crippen LogP contribution in [0.25, 0.3) is 0 Å². The molecule has 258 valence electrons. The quantitative estimate of drug-likeness (QED) is 0.107. The molecule has 5 aromatic carbocycles. The summed E-state index contributed by atoms with van der Waals surface area (Å²) < 4.78 is 36.4. The van der Waals surface area contributed by atoms with E-state index in [2.05, 4.69) is 0 Å². The molecule has 0 bridgehead atoms. The molecule has 0 N–H and O–H groups in total. The summed E-state index contributed by atoms with van der Waals surface area (Å²) in [6.45, 7) is -0.431. The van der Waals surface area contributed by atoms with Crippen molar-refractivity contribution in [2.24, 2.45) is 0 Å². The van der Waals surface area contributed by atoms with E-state index in [1.807, 2.05) is 30.3 Å². The first-order chi connectivity index (χ1) is 25.0. The van der Waals surface area contributed by atoms with E-state index in [-0.39, 0.29) is 28.9 Å². The van der Waals surface area contributed by atoms with Crippen molar-refractivity contribution in [3.8, 4) is 0 Å². The summed E-state index contributed by atoms with van der Waals surface area (Å²) in [5.41, 5.74) is 1.66. The van der Waals surface area contributed by atoms with Gasteiger partial charge in [-0.2, -0.15) is 0 Å². The van der Waals surface area contributed by atoms with Gasteiger partial charge in [-0.1, -0.05) is 103 Å². The van der Waals surface area contributed by atoms with Crippen molar-refractivity contribution in [2.75, 3.05) is 6.61 Å². The monoisotopic (exact) mass is 686 g/mol. The molecule has 1 heterocycles. The molecule has 5 aromatic rings. The summed E-state index contributed by atoms with van der Waals surface area (Å²) in [5.74, 6) is -2.99. The van der Waals surface area contributed by atoms with Gasteiger partial charge in [-0.05, 0) is 54.1 Å². The third-order valence-electron chi connectivity index (χ3n) is 7.99. The first-order valence-corrected chi connectivity index (χ1v) is 16.3. The van der Waals surface area contributed by atoms with Crippen molar-refractivity contribution in [1.29, 1.82) is 0 Å².